The number of ether oxygens (including phenoxy) is 1. The molecule has 3 aromatic rings. The molecule has 4 rings (SSSR count). The Morgan fingerprint density at radius 1 is 0.972 bits per heavy atom. The second-order valence-corrected chi connectivity index (χ2v) is 9.30. The molecule has 1 aliphatic heterocycles. The van der Waals surface area contributed by atoms with Crippen LogP contribution in [0.1, 0.15) is 26.5 Å². The lowest BCUT2D eigenvalue weighted by atomic mass is 10.1. The number of rotatable bonds is 3. The lowest BCUT2D eigenvalue weighted by Gasteiger charge is -2.36. The fraction of sp³-hybridized carbons (Fsp3) is 0.375. The van der Waals surface area contributed by atoms with Crippen molar-refractivity contribution in [2.45, 2.75) is 32.5 Å². The molecule has 0 saturated carbocycles. The van der Waals surface area contributed by atoms with Gasteiger partial charge in [-0.2, -0.15) is 13.2 Å². The molecule has 1 amide bonds. The lowest BCUT2D eigenvalue weighted by Crippen LogP contribution is -2.50. The number of benzene rings is 2. The van der Waals surface area contributed by atoms with Crippen molar-refractivity contribution in [2.75, 3.05) is 36.4 Å². The van der Waals surface area contributed by atoms with E-state index in [9.17, 15) is 26.7 Å². The quantitative estimate of drug-likeness (QED) is 0.455. The van der Waals surface area contributed by atoms with Gasteiger partial charge >= 0.3 is 12.3 Å². The predicted octanol–water partition coefficient (Wildman–Crippen LogP) is 5.73. The summed E-state index contributed by atoms with van der Waals surface area (Å²) >= 11 is 0. The zero-order valence-corrected chi connectivity index (χ0v) is 19.8. The summed E-state index contributed by atoms with van der Waals surface area (Å²) in [5.74, 6) is -1.86. The van der Waals surface area contributed by atoms with Crippen molar-refractivity contribution in [3.63, 3.8) is 0 Å². The van der Waals surface area contributed by atoms with E-state index in [-0.39, 0.29) is 16.9 Å². The maximum atomic E-state index is 14.9. The zero-order valence-electron chi connectivity index (χ0n) is 19.8. The largest absolute Gasteiger partial charge is 0.444 e. The number of anilines is 3. The minimum Gasteiger partial charge on any atom is -0.444 e. The van der Waals surface area contributed by atoms with E-state index in [1.54, 1.807) is 30.6 Å². The van der Waals surface area contributed by atoms with Crippen molar-refractivity contribution in [1.29, 1.82) is 0 Å². The van der Waals surface area contributed by atoms with Crippen molar-refractivity contribution in [2.24, 2.45) is 0 Å². The third kappa shape index (κ3) is 5.74. The Kier molecular flexibility index (Phi) is 6.63. The summed E-state index contributed by atoms with van der Waals surface area (Å²) in [6.07, 6.45) is -5.28. The number of aromatic nitrogens is 2. The highest BCUT2D eigenvalue weighted by atomic mass is 19.4. The maximum Gasteiger partial charge on any atom is 0.434 e. The van der Waals surface area contributed by atoms with Crippen LogP contribution in [0.4, 0.5) is 44.1 Å². The van der Waals surface area contributed by atoms with E-state index in [4.69, 9.17) is 4.74 Å². The van der Waals surface area contributed by atoms with Crippen LogP contribution in [-0.4, -0.2) is 52.7 Å². The van der Waals surface area contributed by atoms with Gasteiger partial charge < -0.3 is 19.9 Å². The van der Waals surface area contributed by atoms with Gasteiger partial charge in [-0.3, -0.25) is 0 Å². The first-order valence-electron chi connectivity index (χ1n) is 11.1. The molecule has 0 unspecified atom stereocenters. The molecule has 1 saturated heterocycles. The smallest absolute Gasteiger partial charge is 0.434 e. The Balaban J connectivity index is 1.50. The summed E-state index contributed by atoms with van der Waals surface area (Å²) in [4.78, 5) is 23.1. The molecule has 0 atom stereocenters. The second-order valence-electron chi connectivity index (χ2n) is 9.30. The number of carbonyl (C=O) groups is 1. The summed E-state index contributed by atoms with van der Waals surface area (Å²) in [7, 11) is 0. The first-order chi connectivity index (χ1) is 16.8. The van der Waals surface area contributed by atoms with Gasteiger partial charge in [-0.25, -0.2) is 23.5 Å². The highest BCUT2D eigenvalue weighted by Gasteiger charge is 2.36. The van der Waals surface area contributed by atoms with Crippen molar-refractivity contribution < 1.29 is 31.5 Å². The molecule has 192 valence electrons. The van der Waals surface area contributed by atoms with Gasteiger partial charge in [-0.05, 0) is 57.2 Å². The van der Waals surface area contributed by atoms with Crippen molar-refractivity contribution in [3.8, 4) is 0 Å². The molecule has 1 fully saturated rings. The second kappa shape index (κ2) is 9.40. The molecule has 2 heterocycles. The Bertz CT molecular complexity index is 1280. The SMILES string of the molecule is CC(C)(C)OC(=O)N1CCN(c2ccc(Nc3nc(C(F)(F)F)c4cc(F)ccc4n3)cc2F)CC1. The van der Waals surface area contributed by atoms with Gasteiger partial charge in [0, 0.05) is 37.3 Å². The van der Waals surface area contributed by atoms with Crippen LogP contribution in [0.25, 0.3) is 10.9 Å². The standard InChI is InChI=1S/C24H24F5N5O2/c1-23(2,3)36-22(35)34-10-8-33(9-11-34)19-7-5-15(13-17(19)26)30-21-31-18-6-4-14(25)12-16(18)20(32-21)24(27,28)29/h4-7,12-13H,8-11H2,1-3H3,(H,30,31,32). The minimum atomic E-state index is -4.85. The molecule has 0 aliphatic carbocycles. The van der Waals surface area contributed by atoms with E-state index in [1.807, 2.05) is 0 Å². The predicted molar refractivity (Wildman–Crippen MR) is 124 cm³/mol. The Morgan fingerprint density at radius 3 is 2.28 bits per heavy atom. The molecular formula is C24H24F5N5O2. The van der Waals surface area contributed by atoms with Gasteiger partial charge in [-0.15, -0.1) is 0 Å². The van der Waals surface area contributed by atoms with Crippen molar-refractivity contribution in [3.05, 3.63) is 53.7 Å². The van der Waals surface area contributed by atoms with Gasteiger partial charge in [0.2, 0.25) is 5.95 Å². The van der Waals surface area contributed by atoms with E-state index in [0.717, 1.165) is 24.3 Å². The number of nitrogens with one attached hydrogen (secondary N) is 1. The summed E-state index contributed by atoms with van der Waals surface area (Å²) < 4.78 is 74.3. The monoisotopic (exact) mass is 509 g/mol. The molecule has 0 bridgehead atoms. The fourth-order valence-corrected chi connectivity index (χ4v) is 3.80. The van der Waals surface area contributed by atoms with E-state index in [0.29, 0.717) is 26.2 Å². The lowest BCUT2D eigenvalue weighted by molar-refractivity contribution is -0.139. The average Bonchev–Trinajstić information content (AvgIpc) is 2.77. The molecular weight excluding hydrogens is 485 g/mol. The van der Waals surface area contributed by atoms with Crippen LogP contribution < -0.4 is 10.2 Å². The normalized spacial score (nSPS) is 14.8. The Hall–Kier alpha value is -3.70. The fourth-order valence-electron chi connectivity index (χ4n) is 3.80. The van der Waals surface area contributed by atoms with Gasteiger partial charge in [0.05, 0.1) is 11.2 Å². The van der Waals surface area contributed by atoms with Crippen LogP contribution in [0.2, 0.25) is 0 Å². The van der Waals surface area contributed by atoms with Crippen LogP contribution in [0.3, 0.4) is 0 Å². The summed E-state index contributed by atoms with van der Waals surface area (Å²) in [6.45, 7) is 6.78. The molecule has 0 spiro atoms. The number of alkyl halides is 3. The third-order valence-electron chi connectivity index (χ3n) is 5.40. The van der Waals surface area contributed by atoms with Crippen molar-refractivity contribution in [1.82, 2.24) is 14.9 Å². The summed E-state index contributed by atoms with van der Waals surface area (Å²) in [5, 5.41) is 2.12. The molecule has 12 heteroatoms. The van der Waals surface area contributed by atoms with E-state index in [1.165, 1.54) is 12.1 Å². The molecule has 1 N–H and O–H groups in total. The number of halogens is 5. The zero-order chi connectivity index (χ0) is 26.3. The topological polar surface area (TPSA) is 70.6 Å². The highest BCUT2D eigenvalue weighted by Crippen LogP contribution is 2.34. The molecule has 0 radical (unpaired) electrons. The van der Waals surface area contributed by atoms with Crippen molar-refractivity contribution >= 4 is 34.3 Å². The van der Waals surface area contributed by atoms with Gasteiger partial charge in [0.25, 0.3) is 0 Å². The number of fused-ring (bicyclic) bond motifs is 1. The highest BCUT2D eigenvalue weighted by molar-refractivity contribution is 5.83. The number of hydrogen-bond donors (Lipinski definition) is 1. The van der Waals surface area contributed by atoms with E-state index in [2.05, 4.69) is 15.3 Å². The molecule has 1 aliphatic rings. The maximum absolute atomic E-state index is 14.9. The number of amides is 1. The first kappa shape index (κ1) is 25.4. The van der Waals surface area contributed by atoms with Gasteiger partial charge in [0.1, 0.15) is 17.2 Å². The minimum absolute atomic E-state index is 0.110. The van der Waals surface area contributed by atoms with Crippen LogP contribution in [0.15, 0.2) is 36.4 Å². The molecule has 1 aromatic heterocycles. The first-order valence-corrected chi connectivity index (χ1v) is 11.1. The van der Waals surface area contributed by atoms with Crippen LogP contribution in [0, 0.1) is 11.6 Å². The summed E-state index contributed by atoms with van der Waals surface area (Å²) in [5.41, 5.74) is -1.60. The van der Waals surface area contributed by atoms with E-state index < -0.39 is 46.5 Å². The van der Waals surface area contributed by atoms with Crippen LogP contribution >= 0.6 is 0 Å². The average molecular weight is 509 g/mol. The number of carbonyl (C=O) groups excluding carboxylic acids is 1. The van der Waals surface area contributed by atoms with Gasteiger partial charge in [-0.1, -0.05) is 0 Å². The number of nitrogens with zero attached hydrogens (tertiary/aromatic N) is 4. The van der Waals surface area contributed by atoms with Gasteiger partial charge in [0.15, 0.2) is 5.69 Å². The molecule has 36 heavy (non-hydrogen) atoms. The molecule has 2 aromatic carbocycles. The summed E-state index contributed by atoms with van der Waals surface area (Å²) in [6, 6.07) is 6.94. The Morgan fingerprint density at radius 2 is 1.67 bits per heavy atom. The number of hydrogen-bond acceptors (Lipinski definition) is 6. The van der Waals surface area contributed by atoms with Crippen LogP contribution in [-0.2, 0) is 10.9 Å². The molecule has 7 nitrogen and oxygen atoms in total. The van der Waals surface area contributed by atoms with Crippen LogP contribution in [0.5, 0.6) is 0 Å². The third-order valence-corrected chi connectivity index (χ3v) is 5.40. The number of piperazine rings is 1. The Labute approximate surface area is 203 Å². The van der Waals surface area contributed by atoms with E-state index >= 15 is 0 Å².